The lowest BCUT2D eigenvalue weighted by Gasteiger charge is -2.56. The summed E-state index contributed by atoms with van der Waals surface area (Å²) in [6, 6.07) is 0.839. The highest BCUT2D eigenvalue weighted by Crippen LogP contribution is 2.64. The molecule has 0 aromatic carbocycles. The van der Waals surface area contributed by atoms with Crippen LogP contribution in [0.25, 0.3) is 0 Å². The molecule has 3 nitrogen and oxygen atoms in total. The molecule has 2 heterocycles. The summed E-state index contributed by atoms with van der Waals surface area (Å²) in [6.07, 6.45) is 10.2. The van der Waals surface area contributed by atoms with Crippen LogP contribution in [0, 0.1) is 46.8 Å². The van der Waals surface area contributed by atoms with Crippen molar-refractivity contribution in [3.05, 3.63) is 11.1 Å². The topological polar surface area (TPSA) is 43.7 Å². The van der Waals surface area contributed by atoms with Crippen molar-refractivity contribution < 1.29 is 10.2 Å². The van der Waals surface area contributed by atoms with Gasteiger partial charge >= 0.3 is 0 Å². The quantitative estimate of drug-likeness (QED) is 0.569. The van der Waals surface area contributed by atoms with Crippen molar-refractivity contribution in [1.82, 2.24) is 4.90 Å². The molecule has 2 N–H and O–H groups in total. The summed E-state index contributed by atoms with van der Waals surface area (Å²) in [6.45, 7) is 10.1. The van der Waals surface area contributed by atoms with Crippen LogP contribution in [0.5, 0.6) is 0 Å². The number of aliphatic hydroxyl groups is 2. The lowest BCUT2D eigenvalue weighted by molar-refractivity contribution is -0.0670. The van der Waals surface area contributed by atoms with Crippen LogP contribution in [-0.2, 0) is 0 Å². The van der Waals surface area contributed by atoms with Gasteiger partial charge in [0.15, 0.2) is 0 Å². The van der Waals surface area contributed by atoms with Crippen LogP contribution >= 0.6 is 0 Å². The monoisotopic (exact) mass is 413 g/mol. The van der Waals surface area contributed by atoms with E-state index in [9.17, 15) is 10.2 Å². The zero-order valence-corrected chi connectivity index (χ0v) is 19.4. The van der Waals surface area contributed by atoms with Crippen molar-refractivity contribution in [3.63, 3.8) is 0 Å². The van der Waals surface area contributed by atoms with Crippen molar-refractivity contribution >= 4 is 0 Å². The summed E-state index contributed by atoms with van der Waals surface area (Å²) in [7, 11) is 0. The molecule has 0 spiro atoms. The van der Waals surface area contributed by atoms with Gasteiger partial charge in [0.25, 0.3) is 0 Å². The van der Waals surface area contributed by atoms with Crippen LogP contribution in [0.15, 0.2) is 11.1 Å². The molecule has 30 heavy (non-hydrogen) atoms. The second kappa shape index (κ2) is 7.06. The van der Waals surface area contributed by atoms with E-state index < -0.39 is 0 Å². The summed E-state index contributed by atoms with van der Waals surface area (Å²) in [5, 5.41) is 21.4. The Labute approximate surface area is 183 Å². The summed E-state index contributed by atoms with van der Waals surface area (Å²) in [5.41, 5.74) is 3.58. The van der Waals surface area contributed by atoms with Gasteiger partial charge in [-0.15, -0.1) is 0 Å². The molecule has 4 fully saturated rings. The lowest BCUT2D eigenvalue weighted by atomic mass is 9.56. The fourth-order valence-corrected chi connectivity index (χ4v) is 9.80. The zero-order chi connectivity index (χ0) is 20.8. The van der Waals surface area contributed by atoms with E-state index in [1.165, 1.54) is 45.2 Å². The van der Waals surface area contributed by atoms with Crippen LogP contribution in [0.1, 0.15) is 78.6 Å². The summed E-state index contributed by atoms with van der Waals surface area (Å²) in [4.78, 5) is 2.90. The largest absolute Gasteiger partial charge is 0.393 e. The second-order valence-corrected chi connectivity index (χ2v) is 12.7. The number of nitrogens with zero attached hydrogens (tertiary/aromatic N) is 1. The van der Waals surface area contributed by atoms with E-state index in [-0.39, 0.29) is 23.5 Å². The Morgan fingerprint density at radius 1 is 0.900 bits per heavy atom. The molecule has 2 saturated carbocycles. The second-order valence-electron chi connectivity index (χ2n) is 12.7. The minimum absolute atomic E-state index is 0.140. The molecule has 11 atom stereocenters. The van der Waals surface area contributed by atoms with E-state index in [2.05, 4.69) is 25.7 Å². The van der Waals surface area contributed by atoms with Gasteiger partial charge in [0.1, 0.15) is 0 Å². The fraction of sp³-hybridized carbons (Fsp3) is 0.926. The van der Waals surface area contributed by atoms with Crippen LogP contribution < -0.4 is 0 Å². The number of hydrogen-bond acceptors (Lipinski definition) is 3. The van der Waals surface area contributed by atoms with Crippen LogP contribution in [-0.4, -0.2) is 46.5 Å². The maximum atomic E-state index is 11.1. The molecule has 0 aromatic rings. The molecule has 6 rings (SSSR count). The Hall–Kier alpha value is -0.380. The molecular weight excluding hydrogens is 370 g/mol. The van der Waals surface area contributed by atoms with Crippen LogP contribution in [0.2, 0.25) is 0 Å². The number of hydrogen-bond donors (Lipinski definition) is 2. The van der Waals surface area contributed by atoms with Gasteiger partial charge in [-0.25, -0.2) is 0 Å². The third-order valence-corrected chi connectivity index (χ3v) is 11.3. The van der Waals surface area contributed by atoms with Gasteiger partial charge in [0, 0.05) is 19.1 Å². The highest BCUT2D eigenvalue weighted by atomic mass is 16.3. The standard InChI is InChI=1S/C27H43NO2/c1-15-4-7-25-16(2)18-5-6-19-20(22(18)14-28(25)13-15)11-23-21(19)12-26(30)24-10-17(29)8-9-27(23,24)3/h15-20,22,24-26,29-30H,4-14H2,1-3H3/t15-,16+,17-,18+,19+,20+,22-,24+,25-,26+,27+/m0/s1. The molecule has 168 valence electrons. The highest BCUT2D eigenvalue weighted by Gasteiger charge is 2.57. The first-order chi connectivity index (χ1) is 14.4. The average molecular weight is 414 g/mol. The van der Waals surface area contributed by atoms with E-state index in [0.29, 0.717) is 0 Å². The SMILES string of the molecule is C[C@H]1CC[C@H]2[C@H](C)[C@H]3CC[C@H]4C5=C(C[C@H]4[C@H]3CN2C1)[C@@]1(C)CC[C@H](O)C[C@@H]1[C@H](O)C5. The minimum atomic E-state index is -0.238. The fourth-order valence-electron chi connectivity index (χ4n) is 9.80. The molecule has 0 aromatic heterocycles. The first-order valence-corrected chi connectivity index (χ1v) is 13.2. The van der Waals surface area contributed by atoms with Gasteiger partial charge in [-0.3, -0.25) is 4.90 Å². The van der Waals surface area contributed by atoms with Gasteiger partial charge in [-0.2, -0.15) is 0 Å². The Bertz CT molecular complexity index is 730. The summed E-state index contributed by atoms with van der Waals surface area (Å²) in [5.74, 6) is 5.34. The number of fused-ring (bicyclic) bond motifs is 7. The van der Waals surface area contributed by atoms with Gasteiger partial charge in [0.05, 0.1) is 12.2 Å². The highest BCUT2D eigenvalue weighted by molar-refractivity contribution is 5.36. The molecular formula is C27H43NO2. The van der Waals surface area contributed by atoms with E-state index >= 15 is 0 Å². The maximum absolute atomic E-state index is 11.1. The van der Waals surface area contributed by atoms with Crippen molar-refractivity contribution in [2.75, 3.05) is 13.1 Å². The molecule has 2 saturated heterocycles. The zero-order valence-electron chi connectivity index (χ0n) is 19.4. The molecule has 0 radical (unpaired) electrons. The number of rotatable bonds is 0. The smallest absolute Gasteiger partial charge is 0.0614 e. The number of aliphatic hydroxyl groups excluding tert-OH is 2. The Morgan fingerprint density at radius 2 is 1.73 bits per heavy atom. The van der Waals surface area contributed by atoms with Gasteiger partial charge in [0.2, 0.25) is 0 Å². The summed E-state index contributed by atoms with van der Waals surface area (Å²) >= 11 is 0. The van der Waals surface area contributed by atoms with Crippen LogP contribution in [0.4, 0.5) is 0 Å². The first-order valence-electron chi connectivity index (χ1n) is 13.2. The molecule has 4 aliphatic carbocycles. The predicted molar refractivity (Wildman–Crippen MR) is 120 cm³/mol. The molecule has 0 unspecified atom stereocenters. The van der Waals surface area contributed by atoms with E-state index in [1.54, 1.807) is 11.1 Å². The third kappa shape index (κ3) is 2.80. The number of piperidine rings is 2. The maximum Gasteiger partial charge on any atom is 0.0614 e. The van der Waals surface area contributed by atoms with Crippen molar-refractivity contribution in [1.29, 1.82) is 0 Å². The van der Waals surface area contributed by atoms with Gasteiger partial charge < -0.3 is 10.2 Å². The van der Waals surface area contributed by atoms with E-state index in [4.69, 9.17) is 0 Å². The molecule has 0 amide bonds. The minimum Gasteiger partial charge on any atom is -0.393 e. The Morgan fingerprint density at radius 3 is 2.57 bits per heavy atom. The Balaban J connectivity index is 1.30. The average Bonchev–Trinajstić information content (AvgIpc) is 3.09. The van der Waals surface area contributed by atoms with Crippen LogP contribution in [0.3, 0.4) is 0 Å². The lowest BCUT2D eigenvalue weighted by Crippen LogP contribution is -2.58. The van der Waals surface area contributed by atoms with Crippen molar-refractivity contribution in [3.8, 4) is 0 Å². The van der Waals surface area contributed by atoms with Gasteiger partial charge in [-0.05, 0) is 105 Å². The van der Waals surface area contributed by atoms with E-state index in [0.717, 1.165) is 67.2 Å². The number of allylic oxidation sites excluding steroid dienone is 1. The van der Waals surface area contributed by atoms with Crippen molar-refractivity contribution in [2.45, 2.75) is 96.8 Å². The van der Waals surface area contributed by atoms with Gasteiger partial charge in [-0.1, -0.05) is 31.9 Å². The molecule has 6 aliphatic rings. The van der Waals surface area contributed by atoms with Crippen molar-refractivity contribution in [2.24, 2.45) is 46.8 Å². The third-order valence-electron chi connectivity index (χ3n) is 11.3. The Kier molecular flexibility index (Phi) is 4.76. The molecule has 0 bridgehead atoms. The predicted octanol–water partition coefficient (Wildman–Crippen LogP) is 4.63. The first kappa shape index (κ1) is 20.2. The van der Waals surface area contributed by atoms with E-state index in [1.807, 2.05) is 0 Å². The molecule has 3 heteroatoms. The normalized spacial score (nSPS) is 55.9. The molecule has 2 aliphatic heterocycles. The summed E-state index contributed by atoms with van der Waals surface area (Å²) < 4.78 is 0.